The summed E-state index contributed by atoms with van der Waals surface area (Å²) in [6, 6.07) is 16.8. The Hall–Kier alpha value is -2.34. The van der Waals surface area contributed by atoms with Crippen LogP contribution in [0, 0.1) is 0 Å². The maximum atomic E-state index is 12.7. The number of carboxylic acid groups (broad SMARTS) is 1. The Morgan fingerprint density at radius 2 is 1.13 bits per heavy atom. The highest BCUT2D eigenvalue weighted by Gasteiger charge is 2.26. The highest BCUT2D eigenvalue weighted by atomic mass is 32.2. The molecule has 0 heterocycles. The number of hydrogen-bond donors (Lipinski definition) is 2. The minimum atomic E-state index is -3.97. The summed E-state index contributed by atoms with van der Waals surface area (Å²) in [5.74, 6) is 0.636. The van der Waals surface area contributed by atoms with E-state index >= 15 is 0 Å². The molecule has 2 aromatic carbocycles. The second kappa shape index (κ2) is 16.7. The molecule has 2 aromatic rings. The summed E-state index contributed by atoms with van der Waals surface area (Å²) in [6.45, 7) is 11.0. The van der Waals surface area contributed by atoms with Gasteiger partial charge in [0.2, 0.25) is 10.0 Å². The Balaban J connectivity index is 2.25. The van der Waals surface area contributed by atoms with E-state index < -0.39 is 16.1 Å². The second-order valence-corrected chi connectivity index (χ2v) is 13.4. The monoisotopic (exact) mass is 557 g/mol. The van der Waals surface area contributed by atoms with Gasteiger partial charge in [-0.25, -0.2) is 17.9 Å². The summed E-state index contributed by atoms with van der Waals surface area (Å²) >= 11 is 0. The molecule has 1 amide bonds. The molecule has 0 bridgehead atoms. The number of rotatable bonds is 18. The van der Waals surface area contributed by atoms with Crippen LogP contribution >= 0.6 is 0 Å². The van der Waals surface area contributed by atoms with Crippen molar-refractivity contribution >= 4 is 16.1 Å². The molecule has 2 unspecified atom stereocenters. The average Bonchev–Trinajstić information content (AvgIpc) is 2.88. The molecule has 2 atom stereocenters. The molecule has 0 radical (unpaired) electrons. The molecule has 0 aliphatic rings. The molecule has 0 aliphatic carbocycles. The zero-order valence-electron chi connectivity index (χ0n) is 24.8. The predicted octanol–water partition coefficient (Wildman–Crippen LogP) is 9.32. The number of benzene rings is 2. The lowest BCUT2D eigenvalue weighted by Gasteiger charge is -2.25. The fourth-order valence-corrected chi connectivity index (χ4v) is 7.05. The van der Waals surface area contributed by atoms with E-state index in [0.29, 0.717) is 18.3 Å². The number of amides is 1. The van der Waals surface area contributed by atoms with E-state index in [-0.39, 0.29) is 17.6 Å². The van der Waals surface area contributed by atoms with Crippen LogP contribution < -0.4 is 4.72 Å². The maximum absolute atomic E-state index is 12.7. The number of hydrogen-bond acceptors (Lipinski definition) is 3. The third-order valence-corrected chi connectivity index (χ3v) is 9.12. The van der Waals surface area contributed by atoms with Gasteiger partial charge < -0.3 is 5.11 Å². The number of carbonyl (C=O) groups is 1. The van der Waals surface area contributed by atoms with E-state index in [1.54, 1.807) is 4.72 Å². The van der Waals surface area contributed by atoms with Gasteiger partial charge in [-0.05, 0) is 65.2 Å². The van der Waals surface area contributed by atoms with Crippen LogP contribution in [0.4, 0.5) is 4.79 Å². The zero-order chi connectivity index (χ0) is 28.8. The van der Waals surface area contributed by atoms with Gasteiger partial charge in [0, 0.05) is 0 Å². The van der Waals surface area contributed by atoms with E-state index in [4.69, 9.17) is 5.11 Å². The van der Waals surface area contributed by atoms with Crippen LogP contribution in [0.5, 0.6) is 0 Å². The van der Waals surface area contributed by atoms with Crippen molar-refractivity contribution in [1.82, 2.24) is 4.72 Å². The highest BCUT2D eigenvalue weighted by molar-refractivity contribution is 7.90. The van der Waals surface area contributed by atoms with E-state index in [1.165, 1.54) is 49.7 Å². The summed E-state index contributed by atoms with van der Waals surface area (Å²) < 4.78 is 27.2. The first-order chi connectivity index (χ1) is 18.6. The van der Waals surface area contributed by atoms with E-state index in [9.17, 15) is 13.2 Å². The second-order valence-electron chi connectivity index (χ2n) is 11.6. The molecular weight excluding hydrogens is 506 g/mol. The molecule has 0 saturated carbocycles. The zero-order valence-corrected chi connectivity index (χ0v) is 25.6. The molecule has 0 aliphatic heterocycles. The van der Waals surface area contributed by atoms with Gasteiger partial charge in [-0.3, -0.25) is 0 Å². The van der Waals surface area contributed by atoms with Crippen molar-refractivity contribution in [2.45, 2.75) is 122 Å². The van der Waals surface area contributed by atoms with E-state index in [0.717, 1.165) is 30.4 Å². The number of unbranched alkanes of at least 4 members (excludes halogenated alkanes) is 5. The van der Waals surface area contributed by atoms with Gasteiger partial charge in [0.15, 0.2) is 0 Å². The number of sulfonamides is 1. The fraction of sp³-hybridized carbons (Fsp3) is 0.606. The van der Waals surface area contributed by atoms with Crippen LogP contribution in [0.1, 0.15) is 145 Å². The van der Waals surface area contributed by atoms with Gasteiger partial charge in [0.05, 0.1) is 5.75 Å². The van der Waals surface area contributed by atoms with Crippen molar-refractivity contribution in [3.05, 3.63) is 70.8 Å². The maximum Gasteiger partial charge on any atom is 0.418 e. The van der Waals surface area contributed by atoms with E-state index in [2.05, 4.69) is 65.0 Å². The molecule has 0 saturated heterocycles. The summed E-state index contributed by atoms with van der Waals surface area (Å²) in [5, 5.41) is 9.08. The fourth-order valence-electron chi connectivity index (χ4n) is 5.82. The van der Waals surface area contributed by atoms with Crippen LogP contribution in [0.3, 0.4) is 0 Å². The summed E-state index contributed by atoms with van der Waals surface area (Å²) in [5.41, 5.74) is 4.98. The average molecular weight is 558 g/mol. The first kappa shape index (κ1) is 32.9. The third kappa shape index (κ3) is 11.4. The predicted molar refractivity (Wildman–Crippen MR) is 163 cm³/mol. The number of nitrogens with one attached hydrogen (secondary N) is 1. The largest absolute Gasteiger partial charge is 0.464 e. The van der Waals surface area contributed by atoms with Crippen molar-refractivity contribution in [1.29, 1.82) is 0 Å². The van der Waals surface area contributed by atoms with Crippen molar-refractivity contribution in [2.75, 3.05) is 5.75 Å². The summed E-state index contributed by atoms with van der Waals surface area (Å²) in [7, 11) is -3.97. The van der Waals surface area contributed by atoms with Crippen molar-refractivity contribution in [3.8, 4) is 0 Å². The molecule has 0 spiro atoms. The molecule has 39 heavy (non-hydrogen) atoms. The van der Waals surface area contributed by atoms with Crippen molar-refractivity contribution in [2.24, 2.45) is 0 Å². The van der Waals surface area contributed by atoms with Crippen LogP contribution in [0.25, 0.3) is 0 Å². The SMILES string of the molecule is CCCCCCCCC(CCCC(CS(=O)(=O)NC(=O)O)c1ccccc1C(C)C)c1ccccc1C(C)C. The van der Waals surface area contributed by atoms with Crippen LogP contribution in [0.15, 0.2) is 48.5 Å². The first-order valence-corrected chi connectivity index (χ1v) is 16.6. The minimum absolute atomic E-state index is 0.228. The van der Waals surface area contributed by atoms with Gasteiger partial charge >= 0.3 is 6.09 Å². The van der Waals surface area contributed by atoms with Crippen LogP contribution in [-0.4, -0.2) is 25.4 Å². The Bertz CT molecular complexity index is 1110. The summed E-state index contributed by atoms with van der Waals surface area (Å²) in [4.78, 5) is 11.1. The highest BCUT2D eigenvalue weighted by Crippen LogP contribution is 2.36. The van der Waals surface area contributed by atoms with Gasteiger partial charge in [-0.15, -0.1) is 0 Å². The van der Waals surface area contributed by atoms with Crippen molar-refractivity contribution in [3.63, 3.8) is 0 Å². The molecule has 6 heteroatoms. The molecular formula is C33H51NO4S. The lowest BCUT2D eigenvalue weighted by Crippen LogP contribution is -2.33. The Morgan fingerprint density at radius 1 is 0.692 bits per heavy atom. The lowest BCUT2D eigenvalue weighted by atomic mass is 9.81. The Labute approximate surface area is 237 Å². The molecule has 218 valence electrons. The topological polar surface area (TPSA) is 83.5 Å². The van der Waals surface area contributed by atoms with Crippen LogP contribution in [0.2, 0.25) is 0 Å². The normalized spacial score (nSPS) is 13.5. The molecule has 0 aromatic heterocycles. The lowest BCUT2D eigenvalue weighted by molar-refractivity contribution is 0.201. The molecule has 2 rings (SSSR count). The van der Waals surface area contributed by atoms with Gasteiger partial charge in [0.25, 0.3) is 0 Å². The molecule has 0 fully saturated rings. The van der Waals surface area contributed by atoms with Gasteiger partial charge in [-0.1, -0.05) is 128 Å². The molecule has 5 nitrogen and oxygen atoms in total. The van der Waals surface area contributed by atoms with Crippen molar-refractivity contribution < 1.29 is 18.3 Å². The first-order valence-electron chi connectivity index (χ1n) is 15.0. The summed E-state index contributed by atoms with van der Waals surface area (Å²) in [6.07, 6.45) is 9.79. The van der Waals surface area contributed by atoms with Gasteiger partial charge in [0.1, 0.15) is 0 Å². The Morgan fingerprint density at radius 3 is 1.64 bits per heavy atom. The van der Waals surface area contributed by atoms with E-state index in [1.807, 2.05) is 18.2 Å². The smallest absolute Gasteiger partial charge is 0.418 e. The third-order valence-electron chi connectivity index (χ3n) is 7.79. The Kier molecular flexibility index (Phi) is 14.1. The minimum Gasteiger partial charge on any atom is -0.464 e. The molecule has 2 N–H and O–H groups in total. The van der Waals surface area contributed by atoms with Gasteiger partial charge in [-0.2, -0.15) is 0 Å². The van der Waals surface area contributed by atoms with Crippen LogP contribution in [-0.2, 0) is 10.0 Å². The standard InChI is InChI=1S/C33H51NO4S/c1-6-7-8-9-10-11-17-27(31-22-14-12-20-29(31)25(2)3)18-16-19-28(24-39(37,38)34-33(35)36)32-23-15-13-21-30(32)26(4)5/h12-15,20-23,25-28,34H,6-11,16-19,24H2,1-5H3,(H,35,36). The quantitative estimate of drug-likeness (QED) is 0.179.